The first-order chi connectivity index (χ1) is 9.59. The fourth-order valence-electron chi connectivity index (χ4n) is 1.43. The van der Waals surface area contributed by atoms with Crippen LogP contribution in [-0.4, -0.2) is 11.3 Å². The molecule has 3 heteroatoms. The molecule has 2 nitrogen and oxygen atoms in total. The molecule has 21 heavy (non-hydrogen) atoms. The average molecular weight is 372 g/mol. The maximum absolute atomic E-state index is 9.52. The summed E-state index contributed by atoms with van der Waals surface area (Å²) < 4.78 is 0. The molecule has 0 aromatic heterocycles. The van der Waals surface area contributed by atoms with Gasteiger partial charge in [-0.2, -0.15) is 0 Å². The molecule has 112 valence electrons. The summed E-state index contributed by atoms with van der Waals surface area (Å²) in [4.78, 5) is 4.29. The minimum absolute atomic E-state index is 0. The van der Waals surface area contributed by atoms with E-state index >= 15 is 0 Å². The summed E-state index contributed by atoms with van der Waals surface area (Å²) in [7, 11) is 0. The predicted molar refractivity (Wildman–Crippen MR) is 84.7 cm³/mol. The molecule has 0 aliphatic rings. The van der Waals surface area contributed by atoms with E-state index in [1.807, 2.05) is 42.5 Å². The van der Waals surface area contributed by atoms with Crippen molar-refractivity contribution in [3.05, 3.63) is 84.8 Å². The number of benzene rings is 2. The molecule has 0 aliphatic carbocycles. The van der Waals surface area contributed by atoms with Gasteiger partial charge in [-0.3, -0.25) is 4.99 Å². The van der Waals surface area contributed by atoms with Gasteiger partial charge in [-0.05, 0) is 17.7 Å². The van der Waals surface area contributed by atoms with E-state index in [9.17, 15) is 5.11 Å². The van der Waals surface area contributed by atoms with Crippen molar-refractivity contribution in [2.45, 2.75) is 13.5 Å². The standard InChI is InChI=1S/C14H13NO.C4H6.Pd/c16-14-9-5-4-8-13(14)11-15-10-12-6-2-1-3-7-12;1-4(2)3;/h1-9,11,16H,10H2;1H,2H2,3H3;/q;-2;+2. The van der Waals surface area contributed by atoms with Crippen molar-refractivity contribution in [2.75, 3.05) is 0 Å². The molecule has 2 aromatic rings. The molecule has 2 rings (SSSR count). The molecule has 0 bridgehead atoms. The number of hydrogen-bond acceptors (Lipinski definition) is 2. The first-order valence-corrected chi connectivity index (χ1v) is 6.32. The van der Waals surface area contributed by atoms with E-state index in [0.29, 0.717) is 12.1 Å². The third-order valence-corrected chi connectivity index (χ3v) is 2.28. The number of nitrogens with zero attached hydrogens (tertiary/aromatic N) is 1. The maximum atomic E-state index is 9.52. The van der Waals surface area contributed by atoms with Gasteiger partial charge in [0.15, 0.2) is 0 Å². The van der Waals surface area contributed by atoms with E-state index in [-0.39, 0.29) is 26.2 Å². The average Bonchev–Trinajstić information content (AvgIpc) is 2.42. The van der Waals surface area contributed by atoms with Crippen molar-refractivity contribution >= 4 is 6.21 Å². The second kappa shape index (κ2) is 10.9. The second-order valence-corrected chi connectivity index (χ2v) is 4.36. The Labute approximate surface area is 140 Å². The topological polar surface area (TPSA) is 32.6 Å². The number of aromatic hydroxyl groups is 1. The normalized spacial score (nSPS) is 9.38. The van der Waals surface area contributed by atoms with Crippen molar-refractivity contribution in [1.29, 1.82) is 0 Å². The Morgan fingerprint density at radius 1 is 1.14 bits per heavy atom. The first kappa shape index (κ1) is 19.2. The molecule has 0 heterocycles. The second-order valence-electron chi connectivity index (χ2n) is 4.36. The number of rotatable bonds is 3. The zero-order valence-electron chi connectivity index (χ0n) is 12.0. The molecule has 0 amide bonds. The number of para-hydroxylation sites is 1. The molecule has 0 radical (unpaired) electrons. The Balaban J connectivity index is 0.000000715. The quantitative estimate of drug-likeness (QED) is 0.489. The Kier molecular flexibility index (Phi) is 9.97. The van der Waals surface area contributed by atoms with Crippen LogP contribution in [0, 0.1) is 13.5 Å². The monoisotopic (exact) mass is 371 g/mol. The van der Waals surface area contributed by atoms with Gasteiger partial charge in [0.25, 0.3) is 0 Å². The number of allylic oxidation sites excluding steroid dienone is 1. The Bertz CT molecular complexity index is 560. The molecule has 0 saturated carbocycles. The van der Waals surface area contributed by atoms with Crippen molar-refractivity contribution in [1.82, 2.24) is 0 Å². The van der Waals surface area contributed by atoms with Crippen LogP contribution in [0.5, 0.6) is 5.75 Å². The summed E-state index contributed by atoms with van der Waals surface area (Å²) in [5, 5.41) is 9.52. The van der Waals surface area contributed by atoms with Crippen molar-refractivity contribution in [3.8, 4) is 5.75 Å². The van der Waals surface area contributed by atoms with E-state index < -0.39 is 0 Å². The van der Waals surface area contributed by atoms with Gasteiger partial charge in [0, 0.05) is 11.8 Å². The summed E-state index contributed by atoms with van der Waals surface area (Å²) in [5.41, 5.74) is 2.58. The molecule has 0 fully saturated rings. The summed E-state index contributed by atoms with van der Waals surface area (Å²) in [6.07, 6.45) is 1.70. The van der Waals surface area contributed by atoms with E-state index in [2.05, 4.69) is 11.9 Å². The van der Waals surface area contributed by atoms with Crippen LogP contribution in [0.15, 0.2) is 65.2 Å². The van der Waals surface area contributed by atoms with Crippen LogP contribution in [0.1, 0.15) is 18.1 Å². The molecule has 0 spiro atoms. The first-order valence-electron chi connectivity index (χ1n) is 6.32. The van der Waals surface area contributed by atoms with E-state index in [4.69, 9.17) is 6.58 Å². The third-order valence-electron chi connectivity index (χ3n) is 2.28. The van der Waals surface area contributed by atoms with Crippen molar-refractivity contribution in [2.24, 2.45) is 4.99 Å². The Morgan fingerprint density at radius 3 is 2.24 bits per heavy atom. The van der Waals surface area contributed by atoms with Gasteiger partial charge < -0.3 is 24.2 Å². The van der Waals surface area contributed by atoms with E-state index in [1.165, 1.54) is 0 Å². The molecular weight excluding hydrogens is 353 g/mol. The van der Waals surface area contributed by atoms with Gasteiger partial charge >= 0.3 is 20.4 Å². The zero-order chi connectivity index (χ0) is 14.8. The van der Waals surface area contributed by atoms with Gasteiger partial charge in [0.05, 0.1) is 6.54 Å². The van der Waals surface area contributed by atoms with Gasteiger partial charge in [0.1, 0.15) is 5.75 Å². The SMILES string of the molecule is Oc1ccccc1C=NCc1ccccc1.[CH-]=C([CH2-])C.[Pd+2]. The number of hydrogen-bond donors (Lipinski definition) is 1. The van der Waals surface area contributed by atoms with Gasteiger partial charge in [-0.15, -0.1) is 6.92 Å². The van der Waals surface area contributed by atoms with Crippen LogP contribution in [0.4, 0.5) is 0 Å². The van der Waals surface area contributed by atoms with Crippen LogP contribution in [0.3, 0.4) is 0 Å². The summed E-state index contributed by atoms with van der Waals surface area (Å²) in [5.74, 6) is 0.263. The maximum Gasteiger partial charge on any atom is 2.00 e. The van der Waals surface area contributed by atoms with Gasteiger partial charge in [-0.25, -0.2) is 0 Å². The van der Waals surface area contributed by atoms with E-state index in [1.54, 1.807) is 25.3 Å². The van der Waals surface area contributed by atoms with Crippen molar-refractivity contribution in [3.63, 3.8) is 0 Å². The fourth-order valence-corrected chi connectivity index (χ4v) is 1.43. The summed E-state index contributed by atoms with van der Waals surface area (Å²) in [6, 6.07) is 17.2. The Hall–Kier alpha value is -1.82. The molecule has 0 saturated heterocycles. The third kappa shape index (κ3) is 8.86. The molecule has 2 aromatic carbocycles. The minimum atomic E-state index is 0. The molecule has 1 N–H and O–H groups in total. The molecule has 0 atom stereocenters. The van der Waals surface area contributed by atoms with Crippen LogP contribution < -0.4 is 0 Å². The fraction of sp³-hybridized carbons (Fsp3) is 0.111. The summed E-state index contributed by atoms with van der Waals surface area (Å²) >= 11 is 0. The van der Waals surface area contributed by atoms with Crippen LogP contribution in [0.2, 0.25) is 0 Å². The minimum Gasteiger partial charge on any atom is -0.546 e. The van der Waals surface area contributed by atoms with Gasteiger partial charge in [-0.1, -0.05) is 42.5 Å². The van der Waals surface area contributed by atoms with Crippen LogP contribution in [-0.2, 0) is 27.0 Å². The smallest absolute Gasteiger partial charge is 0.546 e. The van der Waals surface area contributed by atoms with E-state index in [0.717, 1.165) is 11.1 Å². The zero-order valence-corrected chi connectivity index (χ0v) is 13.5. The number of aliphatic imine (C=N–C) groups is 1. The molecule has 0 unspecified atom stereocenters. The number of phenols is 1. The van der Waals surface area contributed by atoms with Crippen LogP contribution >= 0.6 is 0 Å². The van der Waals surface area contributed by atoms with Crippen molar-refractivity contribution < 1.29 is 25.5 Å². The predicted octanol–water partition coefficient (Wildman–Crippen LogP) is 4.21. The molecular formula is C18H19NOPd. The van der Waals surface area contributed by atoms with Crippen LogP contribution in [0.25, 0.3) is 0 Å². The van der Waals surface area contributed by atoms with Gasteiger partial charge in [0.2, 0.25) is 0 Å². The molecule has 0 aliphatic heterocycles. The Morgan fingerprint density at radius 2 is 1.67 bits per heavy atom. The number of phenolic OH excluding ortho intramolecular Hbond substituents is 1. The summed E-state index contributed by atoms with van der Waals surface area (Å²) in [6.45, 7) is 10.6. The largest absolute Gasteiger partial charge is 2.00 e.